The number of likely N-dealkylation sites (tertiary alicyclic amines) is 1. The number of hydrogen-bond acceptors (Lipinski definition) is 3. The average Bonchev–Trinajstić information content (AvgIpc) is 2.53. The Morgan fingerprint density at radius 2 is 1.94 bits per heavy atom. The third-order valence-corrected chi connectivity index (χ3v) is 4.06. The molecule has 0 aromatic heterocycles. The summed E-state index contributed by atoms with van der Waals surface area (Å²) in [5.74, 6) is 0.199. The number of carbonyl (C=O) groups is 2. The summed E-state index contributed by atoms with van der Waals surface area (Å²) in [5, 5.41) is 0. The van der Waals surface area contributed by atoms with Crippen LogP contribution in [-0.2, 0) is 14.3 Å². The summed E-state index contributed by atoms with van der Waals surface area (Å²) in [6, 6.07) is 0. The number of ether oxygens (including phenoxy) is 1. The van der Waals surface area contributed by atoms with Crippen LogP contribution in [0.3, 0.4) is 0 Å². The smallest absolute Gasteiger partial charge is 0.235 e. The molecule has 1 fully saturated rings. The zero-order valence-electron chi connectivity index (χ0n) is 12.0. The Bertz CT molecular complexity index is 314. The first-order valence-corrected chi connectivity index (χ1v) is 6.77. The van der Waals surface area contributed by atoms with E-state index >= 15 is 0 Å². The molecule has 0 N–H and O–H groups in total. The number of unbranched alkanes of at least 4 members (excludes halogenated alkanes) is 2. The largest absolute Gasteiger partial charge is 0.385 e. The molecule has 1 saturated heterocycles. The molecule has 104 valence electrons. The minimum Gasteiger partial charge on any atom is -0.385 e. The summed E-state index contributed by atoms with van der Waals surface area (Å²) in [6.07, 6.45) is 3.20. The molecule has 0 aromatic carbocycles. The summed E-state index contributed by atoms with van der Waals surface area (Å²) in [4.78, 5) is 25.6. The van der Waals surface area contributed by atoms with Gasteiger partial charge < -0.3 is 4.74 Å². The monoisotopic (exact) mass is 255 g/mol. The zero-order chi connectivity index (χ0) is 13.8. The van der Waals surface area contributed by atoms with Crippen molar-refractivity contribution in [3.8, 4) is 0 Å². The Hall–Kier alpha value is -0.900. The summed E-state index contributed by atoms with van der Waals surface area (Å²) in [6.45, 7) is 7.22. The molecule has 2 amide bonds. The van der Waals surface area contributed by atoms with Crippen LogP contribution in [0.4, 0.5) is 0 Å². The van der Waals surface area contributed by atoms with Gasteiger partial charge in [0.1, 0.15) is 0 Å². The SMILES string of the molecule is COCCCCCN1C(=O)C[C@](C)(C(C)C)C1=O. The second-order valence-corrected chi connectivity index (χ2v) is 5.65. The molecule has 1 rings (SSSR count). The summed E-state index contributed by atoms with van der Waals surface area (Å²) in [5.41, 5.74) is -0.496. The molecule has 4 heteroatoms. The van der Waals surface area contributed by atoms with E-state index in [2.05, 4.69) is 0 Å². The Morgan fingerprint density at radius 3 is 2.44 bits per heavy atom. The van der Waals surface area contributed by atoms with Crippen molar-refractivity contribution >= 4 is 11.8 Å². The van der Waals surface area contributed by atoms with Gasteiger partial charge in [-0.15, -0.1) is 0 Å². The van der Waals surface area contributed by atoms with Crippen molar-refractivity contribution in [3.63, 3.8) is 0 Å². The fourth-order valence-corrected chi connectivity index (χ4v) is 2.28. The molecule has 0 bridgehead atoms. The molecule has 1 aliphatic heterocycles. The quantitative estimate of drug-likeness (QED) is 0.517. The van der Waals surface area contributed by atoms with E-state index in [-0.39, 0.29) is 17.7 Å². The lowest BCUT2D eigenvalue weighted by atomic mass is 9.78. The normalized spacial score (nSPS) is 24.4. The van der Waals surface area contributed by atoms with E-state index in [0.29, 0.717) is 13.0 Å². The predicted octanol–water partition coefficient (Wildman–Crippen LogP) is 2.22. The van der Waals surface area contributed by atoms with Gasteiger partial charge in [-0.3, -0.25) is 14.5 Å². The minimum absolute atomic E-state index is 0.00856. The maximum atomic E-state index is 12.3. The summed E-state index contributed by atoms with van der Waals surface area (Å²) in [7, 11) is 1.68. The Balaban J connectivity index is 2.47. The van der Waals surface area contributed by atoms with Crippen LogP contribution >= 0.6 is 0 Å². The summed E-state index contributed by atoms with van der Waals surface area (Å²) >= 11 is 0. The number of rotatable bonds is 7. The van der Waals surface area contributed by atoms with E-state index < -0.39 is 5.41 Å². The number of nitrogens with zero attached hydrogens (tertiary/aromatic N) is 1. The van der Waals surface area contributed by atoms with E-state index in [9.17, 15) is 9.59 Å². The van der Waals surface area contributed by atoms with Crippen molar-refractivity contribution in [2.24, 2.45) is 11.3 Å². The van der Waals surface area contributed by atoms with Gasteiger partial charge >= 0.3 is 0 Å². The second kappa shape index (κ2) is 6.32. The maximum absolute atomic E-state index is 12.3. The molecule has 0 aromatic rings. The molecule has 0 radical (unpaired) electrons. The highest BCUT2D eigenvalue weighted by Crippen LogP contribution is 2.39. The van der Waals surface area contributed by atoms with Gasteiger partial charge in [-0.25, -0.2) is 0 Å². The number of amides is 2. The molecule has 0 aliphatic carbocycles. The van der Waals surface area contributed by atoms with Crippen molar-refractivity contribution in [3.05, 3.63) is 0 Å². The van der Waals surface area contributed by atoms with Crippen LogP contribution in [0.5, 0.6) is 0 Å². The highest BCUT2D eigenvalue weighted by atomic mass is 16.5. The number of carbonyl (C=O) groups excluding carboxylic acids is 2. The molecule has 1 aliphatic rings. The zero-order valence-corrected chi connectivity index (χ0v) is 12.0. The Morgan fingerprint density at radius 1 is 1.28 bits per heavy atom. The number of imide groups is 1. The van der Waals surface area contributed by atoms with Crippen LogP contribution in [0.15, 0.2) is 0 Å². The van der Waals surface area contributed by atoms with Gasteiger partial charge in [0.15, 0.2) is 0 Å². The Labute approximate surface area is 110 Å². The first-order valence-electron chi connectivity index (χ1n) is 6.77. The van der Waals surface area contributed by atoms with Crippen molar-refractivity contribution in [2.75, 3.05) is 20.3 Å². The maximum Gasteiger partial charge on any atom is 0.235 e. The van der Waals surface area contributed by atoms with Gasteiger partial charge in [-0.05, 0) is 32.1 Å². The van der Waals surface area contributed by atoms with Crippen LogP contribution < -0.4 is 0 Å². The summed E-state index contributed by atoms with van der Waals surface area (Å²) < 4.78 is 4.97. The van der Waals surface area contributed by atoms with E-state index in [1.165, 1.54) is 4.90 Å². The van der Waals surface area contributed by atoms with E-state index in [1.54, 1.807) is 7.11 Å². The van der Waals surface area contributed by atoms with Crippen molar-refractivity contribution in [2.45, 2.75) is 46.5 Å². The fraction of sp³-hybridized carbons (Fsp3) is 0.857. The molecule has 18 heavy (non-hydrogen) atoms. The standard InChI is InChI=1S/C14H25NO3/c1-11(2)14(3)10-12(16)15(13(14)17)8-6-5-7-9-18-4/h11H,5-10H2,1-4H3/t14-/m1/s1. The molecule has 1 heterocycles. The van der Waals surface area contributed by atoms with Crippen molar-refractivity contribution in [1.82, 2.24) is 4.90 Å². The lowest BCUT2D eigenvalue weighted by molar-refractivity contribution is -0.142. The van der Waals surface area contributed by atoms with Crippen LogP contribution in [-0.4, -0.2) is 37.0 Å². The fourth-order valence-electron chi connectivity index (χ4n) is 2.28. The third-order valence-electron chi connectivity index (χ3n) is 4.06. The number of hydrogen-bond donors (Lipinski definition) is 0. The van der Waals surface area contributed by atoms with Crippen LogP contribution in [0, 0.1) is 11.3 Å². The van der Waals surface area contributed by atoms with Gasteiger partial charge in [0.05, 0.1) is 5.41 Å². The van der Waals surface area contributed by atoms with Gasteiger partial charge in [0.2, 0.25) is 11.8 Å². The molecule has 4 nitrogen and oxygen atoms in total. The lowest BCUT2D eigenvalue weighted by Gasteiger charge is -2.26. The molecule has 0 spiro atoms. The molecule has 0 unspecified atom stereocenters. The average molecular weight is 255 g/mol. The van der Waals surface area contributed by atoms with E-state index in [4.69, 9.17) is 4.74 Å². The molecular weight excluding hydrogens is 230 g/mol. The second-order valence-electron chi connectivity index (χ2n) is 5.65. The van der Waals surface area contributed by atoms with E-state index in [0.717, 1.165) is 25.9 Å². The van der Waals surface area contributed by atoms with Crippen LogP contribution in [0.25, 0.3) is 0 Å². The van der Waals surface area contributed by atoms with Crippen molar-refractivity contribution < 1.29 is 14.3 Å². The molecule has 1 atom stereocenters. The van der Waals surface area contributed by atoms with Crippen LogP contribution in [0.2, 0.25) is 0 Å². The predicted molar refractivity (Wildman–Crippen MR) is 70.0 cm³/mol. The number of methoxy groups -OCH3 is 1. The molecular formula is C14H25NO3. The first-order chi connectivity index (χ1) is 8.43. The lowest BCUT2D eigenvalue weighted by Crippen LogP contribution is -2.37. The van der Waals surface area contributed by atoms with Gasteiger partial charge in [-0.1, -0.05) is 13.8 Å². The highest BCUT2D eigenvalue weighted by molar-refractivity contribution is 6.05. The Kier molecular flexibility index (Phi) is 5.32. The third kappa shape index (κ3) is 3.10. The highest BCUT2D eigenvalue weighted by Gasteiger charge is 2.49. The van der Waals surface area contributed by atoms with E-state index in [1.807, 2.05) is 20.8 Å². The van der Waals surface area contributed by atoms with Crippen molar-refractivity contribution in [1.29, 1.82) is 0 Å². The van der Waals surface area contributed by atoms with Crippen LogP contribution in [0.1, 0.15) is 46.5 Å². The van der Waals surface area contributed by atoms with Gasteiger partial charge in [0.25, 0.3) is 0 Å². The first kappa shape index (κ1) is 15.2. The minimum atomic E-state index is -0.496. The van der Waals surface area contributed by atoms with Gasteiger partial charge in [0, 0.05) is 26.7 Å². The topological polar surface area (TPSA) is 46.6 Å². The van der Waals surface area contributed by atoms with Gasteiger partial charge in [-0.2, -0.15) is 0 Å². The molecule has 0 saturated carbocycles.